The minimum Gasteiger partial charge on any atom is -0.506 e. The largest absolute Gasteiger partial charge is 0.506 e. The second-order valence-electron chi connectivity index (χ2n) is 3.19. The Morgan fingerprint density at radius 3 is 1.80 bits per heavy atom. The quantitative estimate of drug-likeness (QED) is 0.580. The van der Waals surface area contributed by atoms with Gasteiger partial charge in [0.2, 0.25) is 11.4 Å². The smallest absolute Gasteiger partial charge is 0.229 e. The summed E-state index contributed by atoms with van der Waals surface area (Å²) >= 11 is 0. The summed E-state index contributed by atoms with van der Waals surface area (Å²) in [5, 5.41) is 19.8. The molecule has 0 fully saturated rings. The van der Waals surface area contributed by atoms with Gasteiger partial charge in [0.15, 0.2) is 0 Å². The molecule has 2 N–H and O–H groups in total. The molecule has 0 saturated heterocycles. The van der Waals surface area contributed by atoms with Crippen LogP contribution in [0.4, 0.5) is 0 Å². The lowest BCUT2D eigenvalue weighted by Gasteiger charge is -1.90. The molecule has 0 aromatic carbocycles. The molecule has 0 radical (unpaired) electrons. The maximum atomic E-state index is 9.29. The first-order valence-corrected chi connectivity index (χ1v) is 4.30. The van der Waals surface area contributed by atoms with Crippen LogP contribution < -0.4 is 0 Å². The van der Waals surface area contributed by atoms with Gasteiger partial charge in [0.25, 0.3) is 0 Å². The Bertz CT molecular complexity index is 604. The van der Waals surface area contributed by atoms with Crippen molar-refractivity contribution in [3.05, 3.63) is 24.5 Å². The average Bonchev–Trinajstić information content (AvgIpc) is 2.56. The zero-order chi connectivity index (χ0) is 10.4. The number of fused-ring (bicyclic) bond motifs is 3. The van der Waals surface area contributed by atoms with E-state index in [1.165, 1.54) is 24.5 Å². The van der Waals surface area contributed by atoms with Crippen LogP contribution in [-0.4, -0.2) is 20.2 Å². The zero-order valence-corrected chi connectivity index (χ0v) is 7.51. The molecule has 0 atom stereocenters. The van der Waals surface area contributed by atoms with Crippen LogP contribution >= 0.6 is 0 Å². The molecule has 3 aromatic rings. The van der Waals surface area contributed by atoms with E-state index in [-0.39, 0.29) is 11.5 Å². The molecule has 3 aromatic heterocycles. The number of nitrogens with zero attached hydrogens (tertiary/aromatic N) is 2. The zero-order valence-electron chi connectivity index (χ0n) is 7.51. The van der Waals surface area contributed by atoms with Crippen LogP contribution in [-0.2, 0) is 0 Å². The molecule has 74 valence electrons. The molecular formula is C10H6N2O3. The Balaban J connectivity index is 2.55. The minimum absolute atomic E-state index is 0.0496. The van der Waals surface area contributed by atoms with Gasteiger partial charge in [-0.3, -0.25) is 0 Å². The van der Waals surface area contributed by atoms with Gasteiger partial charge in [-0.15, -0.1) is 0 Å². The van der Waals surface area contributed by atoms with Gasteiger partial charge < -0.3 is 14.6 Å². The van der Waals surface area contributed by atoms with Crippen molar-refractivity contribution in [2.45, 2.75) is 0 Å². The minimum atomic E-state index is 0.0496. The van der Waals surface area contributed by atoms with E-state index in [4.69, 9.17) is 4.42 Å². The van der Waals surface area contributed by atoms with E-state index in [0.29, 0.717) is 22.2 Å². The van der Waals surface area contributed by atoms with Crippen molar-refractivity contribution in [3.63, 3.8) is 0 Å². The monoisotopic (exact) mass is 202 g/mol. The number of pyridine rings is 2. The van der Waals surface area contributed by atoms with Gasteiger partial charge in [0, 0.05) is 0 Å². The number of hydrogen-bond acceptors (Lipinski definition) is 5. The second-order valence-corrected chi connectivity index (χ2v) is 3.19. The van der Waals surface area contributed by atoms with Gasteiger partial charge in [-0.05, 0) is 12.1 Å². The number of furan rings is 1. The lowest BCUT2D eigenvalue weighted by atomic mass is 10.2. The fourth-order valence-corrected chi connectivity index (χ4v) is 1.52. The molecule has 15 heavy (non-hydrogen) atoms. The van der Waals surface area contributed by atoms with Gasteiger partial charge in [0.05, 0.1) is 23.2 Å². The van der Waals surface area contributed by atoms with Crippen LogP contribution in [0.25, 0.3) is 22.2 Å². The lowest BCUT2D eigenvalue weighted by molar-refractivity contribution is 0.473. The Hall–Kier alpha value is -2.30. The Morgan fingerprint density at radius 1 is 0.867 bits per heavy atom. The van der Waals surface area contributed by atoms with E-state index in [2.05, 4.69) is 9.97 Å². The van der Waals surface area contributed by atoms with Crippen molar-refractivity contribution in [1.82, 2.24) is 9.97 Å². The molecule has 0 aliphatic heterocycles. The van der Waals surface area contributed by atoms with Crippen LogP contribution in [0.5, 0.6) is 11.5 Å². The summed E-state index contributed by atoms with van der Waals surface area (Å²) in [4.78, 5) is 7.82. The predicted molar refractivity (Wildman–Crippen MR) is 52.6 cm³/mol. The van der Waals surface area contributed by atoms with Crippen molar-refractivity contribution in [2.75, 3.05) is 0 Å². The first-order chi connectivity index (χ1) is 7.24. The van der Waals surface area contributed by atoms with Gasteiger partial charge in [-0.1, -0.05) is 0 Å². The van der Waals surface area contributed by atoms with Crippen LogP contribution in [0.3, 0.4) is 0 Å². The first-order valence-electron chi connectivity index (χ1n) is 4.30. The highest BCUT2D eigenvalue weighted by atomic mass is 16.3. The molecule has 0 amide bonds. The van der Waals surface area contributed by atoms with Crippen LogP contribution in [0.15, 0.2) is 28.9 Å². The summed E-state index contributed by atoms with van der Waals surface area (Å²) in [5.74, 6) is 0.0992. The summed E-state index contributed by atoms with van der Waals surface area (Å²) in [6.45, 7) is 0. The third kappa shape index (κ3) is 1.10. The van der Waals surface area contributed by atoms with Crippen LogP contribution in [0.2, 0.25) is 0 Å². The van der Waals surface area contributed by atoms with E-state index in [0.717, 1.165) is 0 Å². The van der Waals surface area contributed by atoms with Crippen molar-refractivity contribution in [1.29, 1.82) is 0 Å². The molecule has 3 rings (SSSR count). The SMILES string of the molecule is Oc1cnc2oc3ncc(O)cc3c2c1. The highest BCUT2D eigenvalue weighted by molar-refractivity contribution is 6.02. The fraction of sp³-hybridized carbons (Fsp3) is 0. The molecule has 0 aliphatic rings. The summed E-state index contributed by atoms with van der Waals surface area (Å²) in [5.41, 5.74) is 0.779. The molecule has 0 unspecified atom stereocenters. The van der Waals surface area contributed by atoms with E-state index < -0.39 is 0 Å². The molecule has 0 aliphatic carbocycles. The number of aromatic nitrogens is 2. The summed E-state index contributed by atoms with van der Waals surface area (Å²) < 4.78 is 5.32. The Kier molecular flexibility index (Phi) is 1.39. The average molecular weight is 202 g/mol. The highest BCUT2D eigenvalue weighted by Crippen LogP contribution is 2.29. The maximum Gasteiger partial charge on any atom is 0.229 e. The molecule has 3 heterocycles. The van der Waals surface area contributed by atoms with Crippen molar-refractivity contribution < 1.29 is 14.6 Å². The standard InChI is InChI=1S/C10H6N2O3/c13-5-1-7-8-2-6(14)4-12-10(8)15-9(7)11-3-5/h1-4,13-14H. The Morgan fingerprint density at radius 2 is 1.33 bits per heavy atom. The van der Waals surface area contributed by atoms with Gasteiger partial charge >= 0.3 is 0 Å². The van der Waals surface area contributed by atoms with E-state index in [1.807, 2.05) is 0 Å². The lowest BCUT2D eigenvalue weighted by Crippen LogP contribution is -1.73. The summed E-state index contributed by atoms with van der Waals surface area (Å²) in [6, 6.07) is 3.05. The molecule has 0 saturated carbocycles. The summed E-state index contributed by atoms with van der Waals surface area (Å²) in [7, 11) is 0. The van der Waals surface area contributed by atoms with Crippen molar-refractivity contribution in [2.24, 2.45) is 0 Å². The maximum absolute atomic E-state index is 9.29. The third-order valence-corrected chi connectivity index (χ3v) is 2.16. The number of rotatable bonds is 0. The molecule has 5 nitrogen and oxygen atoms in total. The van der Waals surface area contributed by atoms with Crippen molar-refractivity contribution >= 4 is 22.2 Å². The Labute approximate surface area is 83.6 Å². The number of aromatic hydroxyl groups is 2. The van der Waals surface area contributed by atoms with Crippen molar-refractivity contribution in [3.8, 4) is 11.5 Å². The van der Waals surface area contributed by atoms with Crippen LogP contribution in [0, 0.1) is 0 Å². The second kappa shape index (κ2) is 2.60. The van der Waals surface area contributed by atoms with Gasteiger partial charge in [-0.2, -0.15) is 0 Å². The first kappa shape index (κ1) is 8.05. The highest BCUT2D eigenvalue weighted by Gasteiger charge is 2.10. The fourth-order valence-electron chi connectivity index (χ4n) is 1.52. The van der Waals surface area contributed by atoms with E-state index in [1.54, 1.807) is 0 Å². The molecular weight excluding hydrogens is 196 g/mol. The third-order valence-electron chi connectivity index (χ3n) is 2.16. The van der Waals surface area contributed by atoms with Gasteiger partial charge in [0.1, 0.15) is 11.5 Å². The molecule has 0 bridgehead atoms. The van der Waals surface area contributed by atoms with Gasteiger partial charge in [-0.25, -0.2) is 9.97 Å². The molecule has 0 spiro atoms. The molecule has 5 heteroatoms. The predicted octanol–water partition coefficient (Wildman–Crippen LogP) is 1.79. The van der Waals surface area contributed by atoms with Crippen LogP contribution in [0.1, 0.15) is 0 Å². The van der Waals surface area contributed by atoms with E-state index in [9.17, 15) is 10.2 Å². The summed E-state index contributed by atoms with van der Waals surface area (Å²) in [6.07, 6.45) is 2.59. The topological polar surface area (TPSA) is 79.4 Å². The number of hydrogen-bond donors (Lipinski definition) is 2. The normalized spacial score (nSPS) is 11.2. The van der Waals surface area contributed by atoms with E-state index >= 15 is 0 Å².